The lowest BCUT2D eigenvalue weighted by Crippen LogP contribution is -1.92. The lowest BCUT2D eigenvalue weighted by atomic mass is 10.3. The third-order valence-corrected chi connectivity index (χ3v) is 2.46. The van der Waals surface area contributed by atoms with Crippen LogP contribution in [0.3, 0.4) is 0 Å². The molecule has 0 spiro atoms. The summed E-state index contributed by atoms with van der Waals surface area (Å²) in [5, 5.41) is 8.54. The highest BCUT2D eigenvalue weighted by Gasteiger charge is 2.10. The van der Waals surface area contributed by atoms with Gasteiger partial charge in [0.1, 0.15) is 5.15 Å². The van der Waals surface area contributed by atoms with E-state index in [1.807, 2.05) is 12.1 Å². The van der Waals surface area contributed by atoms with Gasteiger partial charge in [-0.1, -0.05) is 11.6 Å². The number of nitrogens with zero attached hydrogens (tertiary/aromatic N) is 5. The molecule has 0 N–H and O–H groups in total. The minimum atomic E-state index is 0.473. The van der Waals surface area contributed by atoms with Gasteiger partial charge in [-0.15, -0.1) is 10.2 Å². The van der Waals surface area contributed by atoms with Crippen molar-refractivity contribution < 1.29 is 0 Å². The third kappa shape index (κ3) is 1.33. The van der Waals surface area contributed by atoms with E-state index in [-0.39, 0.29) is 0 Å². The van der Waals surface area contributed by atoms with Crippen LogP contribution in [0.25, 0.3) is 17.0 Å². The Labute approximate surface area is 95.8 Å². The van der Waals surface area contributed by atoms with E-state index < -0.39 is 0 Å². The molecule has 3 aromatic rings. The molecule has 0 fully saturated rings. The molecule has 0 aromatic carbocycles. The topological polar surface area (TPSA) is 56.0 Å². The van der Waals surface area contributed by atoms with Crippen LogP contribution in [-0.4, -0.2) is 24.6 Å². The van der Waals surface area contributed by atoms with Gasteiger partial charge in [-0.2, -0.15) is 0 Å². The summed E-state index contributed by atoms with van der Waals surface area (Å²) in [5.41, 5.74) is 1.48. The van der Waals surface area contributed by atoms with Crippen LogP contribution in [0.4, 0.5) is 0 Å². The summed E-state index contributed by atoms with van der Waals surface area (Å²) in [5.74, 6) is 0.663. The molecule has 3 heterocycles. The van der Waals surface area contributed by atoms with E-state index in [1.54, 1.807) is 29.2 Å². The highest BCUT2D eigenvalue weighted by molar-refractivity contribution is 6.29. The van der Waals surface area contributed by atoms with Crippen LogP contribution in [0.5, 0.6) is 0 Å². The largest absolute Gasteiger partial charge is 0.264 e. The van der Waals surface area contributed by atoms with Crippen molar-refractivity contribution >= 4 is 17.2 Å². The highest BCUT2D eigenvalue weighted by Crippen LogP contribution is 2.20. The average molecular weight is 232 g/mol. The Bertz CT molecular complexity index is 634. The van der Waals surface area contributed by atoms with Crippen LogP contribution in [-0.2, 0) is 0 Å². The van der Waals surface area contributed by atoms with E-state index in [0.717, 1.165) is 5.56 Å². The first kappa shape index (κ1) is 9.23. The van der Waals surface area contributed by atoms with E-state index in [4.69, 9.17) is 11.6 Å². The normalized spacial score (nSPS) is 10.8. The lowest BCUT2D eigenvalue weighted by molar-refractivity contribution is 1.10. The first-order valence-electron chi connectivity index (χ1n) is 4.61. The smallest absolute Gasteiger partial charge is 0.180 e. The monoisotopic (exact) mass is 231 g/mol. The minimum absolute atomic E-state index is 0.473. The van der Waals surface area contributed by atoms with E-state index in [2.05, 4.69) is 20.2 Å². The fraction of sp³-hybridized carbons (Fsp3) is 0. The first-order chi connectivity index (χ1) is 7.86. The molecule has 0 saturated carbocycles. The number of hydrogen-bond donors (Lipinski definition) is 0. The molecule has 0 bridgehead atoms. The van der Waals surface area contributed by atoms with Crippen molar-refractivity contribution in [2.75, 3.05) is 0 Å². The summed E-state index contributed by atoms with van der Waals surface area (Å²) in [6, 6.07) is 3.74. The molecule has 16 heavy (non-hydrogen) atoms. The number of fused-ring (bicyclic) bond motifs is 1. The van der Waals surface area contributed by atoms with Crippen LogP contribution in [0.15, 0.2) is 36.9 Å². The van der Waals surface area contributed by atoms with Gasteiger partial charge in [0, 0.05) is 18.0 Å². The van der Waals surface area contributed by atoms with Gasteiger partial charge in [-0.05, 0) is 12.1 Å². The van der Waals surface area contributed by atoms with E-state index in [1.165, 1.54) is 0 Å². The molecular formula is C10H6ClN5. The Balaban J connectivity index is 2.33. The molecule has 5 nitrogen and oxygen atoms in total. The van der Waals surface area contributed by atoms with Gasteiger partial charge < -0.3 is 0 Å². The summed E-state index contributed by atoms with van der Waals surface area (Å²) in [4.78, 5) is 7.99. The standard InChI is InChI=1S/C10H6ClN5/c11-8-5-13-6-9-14-15-10(16(8)9)7-2-1-3-12-4-7/h1-6H. The van der Waals surface area contributed by atoms with Gasteiger partial charge >= 0.3 is 0 Å². The summed E-state index contributed by atoms with van der Waals surface area (Å²) in [6.07, 6.45) is 6.58. The lowest BCUT2D eigenvalue weighted by Gasteiger charge is -2.00. The number of rotatable bonds is 1. The molecule has 0 unspecified atom stereocenters. The number of aromatic nitrogens is 5. The zero-order valence-corrected chi connectivity index (χ0v) is 8.83. The van der Waals surface area contributed by atoms with E-state index in [0.29, 0.717) is 16.6 Å². The maximum Gasteiger partial charge on any atom is 0.180 e. The van der Waals surface area contributed by atoms with Crippen molar-refractivity contribution in [1.29, 1.82) is 0 Å². The summed E-state index contributed by atoms with van der Waals surface area (Å²) < 4.78 is 1.73. The molecule has 0 aliphatic carbocycles. The van der Waals surface area contributed by atoms with Crippen LogP contribution < -0.4 is 0 Å². The maximum atomic E-state index is 6.05. The molecule has 0 radical (unpaired) electrons. The summed E-state index contributed by atoms with van der Waals surface area (Å²) >= 11 is 6.05. The van der Waals surface area contributed by atoms with Gasteiger partial charge in [-0.3, -0.25) is 14.4 Å². The predicted octanol–water partition coefficient (Wildman–Crippen LogP) is 1.84. The van der Waals surface area contributed by atoms with Gasteiger partial charge in [0.2, 0.25) is 0 Å². The van der Waals surface area contributed by atoms with Crippen molar-refractivity contribution in [2.45, 2.75) is 0 Å². The average Bonchev–Trinajstić information content (AvgIpc) is 2.75. The van der Waals surface area contributed by atoms with Crippen LogP contribution in [0.2, 0.25) is 5.15 Å². The zero-order chi connectivity index (χ0) is 11.0. The minimum Gasteiger partial charge on any atom is -0.264 e. The van der Waals surface area contributed by atoms with Gasteiger partial charge in [0.25, 0.3) is 0 Å². The Morgan fingerprint density at radius 1 is 1.06 bits per heavy atom. The second-order valence-corrected chi connectivity index (χ2v) is 3.58. The predicted molar refractivity (Wildman–Crippen MR) is 59.0 cm³/mol. The Morgan fingerprint density at radius 3 is 2.81 bits per heavy atom. The number of halogens is 1. The van der Waals surface area contributed by atoms with Gasteiger partial charge in [0.15, 0.2) is 11.5 Å². The van der Waals surface area contributed by atoms with Gasteiger partial charge in [-0.25, -0.2) is 0 Å². The third-order valence-electron chi connectivity index (χ3n) is 2.19. The first-order valence-corrected chi connectivity index (χ1v) is 4.99. The molecule has 0 atom stereocenters. The molecule has 0 aliphatic heterocycles. The van der Waals surface area contributed by atoms with Crippen LogP contribution in [0, 0.1) is 0 Å². The van der Waals surface area contributed by atoms with Crippen LogP contribution in [0.1, 0.15) is 0 Å². The van der Waals surface area contributed by atoms with Crippen molar-refractivity contribution in [3.8, 4) is 11.4 Å². The molecule has 3 aromatic heterocycles. The molecule has 6 heteroatoms. The Morgan fingerprint density at radius 2 is 2.00 bits per heavy atom. The van der Waals surface area contributed by atoms with Crippen LogP contribution >= 0.6 is 11.6 Å². The van der Waals surface area contributed by atoms with Crippen molar-refractivity contribution in [1.82, 2.24) is 24.6 Å². The second kappa shape index (κ2) is 3.53. The van der Waals surface area contributed by atoms with Crippen molar-refractivity contribution in [2.24, 2.45) is 0 Å². The fourth-order valence-electron chi connectivity index (χ4n) is 1.50. The van der Waals surface area contributed by atoms with Crippen molar-refractivity contribution in [3.05, 3.63) is 42.1 Å². The molecule has 3 rings (SSSR count). The quantitative estimate of drug-likeness (QED) is 0.641. The summed E-state index contributed by atoms with van der Waals surface area (Å²) in [7, 11) is 0. The zero-order valence-electron chi connectivity index (χ0n) is 8.08. The summed E-state index contributed by atoms with van der Waals surface area (Å²) in [6.45, 7) is 0. The highest BCUT2D eigenvalue weighted by atomic mass is 35.5. The molecule has 78 valence electrons. The van der Waals surface area contributed by atoms with Crippen molar-refractivity contribution in [3.63, 3.8) is 0 Å². The molecule has 0 amide bonds. The van der Waals surface area contributed by atoms with E-state index >= 15 is 0 Å². The maximum absolute atomic E-state index is 6.05. The molecule has 0 aliphatic rings. The SMILES string of the molecule is Clc1cncc2nnc(-c3cccnc3)n12. The Kier molecular flexibility index (Phi) is 2.04. The second-order valence-electron chi connectivity index (χ2n) is 3.19. The fourth-order valence-corrected chi connectivity index (χ4v) is 1.72. The number of pyridine rings is 1. The Hall–Kier alpha value is -2.01. The molecular weight excluding hydrogens is 226 g/mol. The van der Waals surface area contributed by atoms with Gasteiger partial charge in [0.05, 0.1) is 12.4 Å². The molecule has 0 saturated heterocycles. The number of hydrogen-bond acceptors (Lipinski definition) is 4. The van der Waals surface area contributed by atoms with E-state index in [9.17, 15) is 0 Å².